The van der Waals surface area contributed by atoms with E-state index in [1.165, 1.54) is 6.26 Å². The van der Waals surface area contributed by atoms with E-state index >= 15 is 0 Å². The topological polar surface area (TPSA) is 54.5 Å². The van der Waals surface area contributed by atoms with E-state index in [2.05, 4.69) is 12.2 Å². The maximum atomic E-state index is 12.3. The van der Waals surface area contributed by atoms with Gasteiger partial charge >= 0.3 is 0 Å². The van der Waals surface area contributed by atoms with Gasteiger partial charge in [0.05, 0.1) is 10.7 Å². The van der Waals surface area contributed by atoms with Crippen molar-refractivity contribution >= 4 is 15.7 Å². The minimum atomic E-state index is -2.99. The first-order chi connectivity index (χ1) is 7.83. The Kier molecular flexibility index (Phi) is 3.06. The van der Waals surface area contributed by atoms with Crippen molar-refractivity contribution in [3.8, 4) is 0 Å². The molecular weight excluding hydrogens is 238 g/mol. The molecule has 1 amide bonds. The fraction of sp³-hybridized carbons (Fsp3) is 0.750. The van der Waals surface area contributed by atoms with Gasteiger partial charge in [-0.2, -0.15) is 0 Å². The first-order valence-electron chi connectivity index (χ1n) is 5.96. The zero-order valence-electron chi connectivity index (χ0n) is 10.3. The van der Waals surface area contributed by atoms with Crippen LogP contribution in [0.1, 0.15) is 26.2 Å². The molecule has 17 heavy (non-hydrogen) atoms. The second kappa shape index (κ2) is 4.12. The molecule has 0 spiro atoms. The summed E-state index contributed by atoms with van der Waals surface area (Å²) in [6.07, 6.45) is 7.96. The molecule has 0 aromatic carbocycles. The number of nitrogens with zero attached hydrogens (tertiary/aromatic N) is 1. The molecule has 5 heteroatoms. The zero-order valence-corrected chi connectivity index (χ0v) is 11.2. The minimum Gasteiger partial charge on any atom is -0.339 e. The molecule has 96 valence electrons. The summed E-state index contributed by atoms with van der Waals surface area (Å²) < 4.78 is 22.6. The number of allylic oxidation sites excluding steroid dienone is 2. The van der Waals surface area contributed by atoms with E-state index in [0.29, 0.717) is 13.1 Å². The summed E-state index contributed by atoms with van der Waals surface area (Å²) in [4.78, 5) is 14.0. The Labute approximate surface area is 103 Å². The van der Waals surface area contributed by atoms with E-state index in [1.807, 2.05) is 6.92 Å². The summed E-state index contributed by atoms with van der Waals surface area (Å²) in [5.41, 5.74) is -0.322. The van der Waals surface area contributed by atoms with Crippen LogP contribution < -0.4 is 0 Å². The summed E-state index contributed by atoms with van der Waals surface area (Å²) in [7, 11) is -2.99. The highest BCUT2D eigenvalue weighted by Gasteiger charge is 2.43. The summed E-state index contributed by atoms with van der Waals surface area (Å²) in [6.45, 7) is 2.72. The molecule has 0 N–H and O–H groups in total. The number of carbonyl (C=O) groups excluding carboxylic acids is 1. The molecule has 0 aromatic heterocycles. The van der Waals surface area contributed by atoms with E-state index in [-0.39, 0.29) is 16.6 Å². The molecule has 0 aromatic rings. The average Bonchev–Trinajstić information content (AvgIpc) is 2.14. The molecule has 1 heterocycles. The molecule has 1 saturated heterocycles. The Hall–Kier alpha value is -0.840. The predicted molar refractivity (Wildman–Crippen MR) is 66.3 cm³/mol. The first kappa shape index (κ1) is 12.6. The largest absolute Gasteiger partial charge is 0.339 e. The number of carbonyl (C=O) groups is 1. The van der Waals surface area contributed by atoms with Gasteiger partial charge in [0.25, 0.3) is 0 Å². The Morgan fingerprint density at radius 3 is 2.47 bits per heavy atom. The molecule has 2 aliphatic rings. The molecule has 1 aliphatic carbocycles. The molecule has 2 rings (SSSR count). The fourth-order valence-electron chi connectivity index (χ4n) is 2.42. The predicted octanol–water partition coefficient (Wildman–Crippen LogP) is 0.988. The van der Waals surface area contributed by atoms with Gasteiger partial charge in [0, 0.05) is 19.3 Å². The lowest BCUT2D eigenvalue weighted by Crippen LogP contribution is -2.59. The van der Waals surface area contributed by atoms with Gasteiger partial charge in [-0.1, -0.05) is 19.1 Å². The molecule has 0 radical (unpaired) electrons. The molecule has 1 atom stereocenters. The van der Waals surface area contributed by atoms with E-state index in [9.17, 15) is 13.2 Å². The lowest BCUT2D eigenvalue weighted by molar-refractivity contribution is -0.145. The number of sulfone groups is 1. The van der Waals surface area contributed by atoms with Gasteiger partial charge < -0.3 is 4.90 Å². The van der Waals surface area contributed by atoms with Crippen LogP contribution in [0.15, 0.2) is 12.2 Å². The van der Waals surface area contributed by atoms with Gasteiger partial charge in [0.15, 0.2) is 9.84 Å². The Balaban J connectivity index is 1.98. The molecule has 1 aliphatic heterocycles. The van der Waals surface area contributed by atoms with E-state index in [0.717, 1.165) is 19.3 Å². The number of hydrogen-bond donors (Lipinski definition) is 0. The van der Waals surface area contributed by atoms with Gasteiger partial charge in [-0.3, -0.25) is 4.79 Å². The van der Waals surface area contributed by atoms with Gasteiger partial charge in [-0.05, 0) is 19.3 Å². The smallest absolute Gasteiger partial charge is 0.228 e. The van der Waals surface area contributed by atoms with Crippen molar-refractivity contribution in [2.75, 3.05) is 19.3 Å². The zero-order chi connectivity index (χ0) is 12.7. The van der Waals surface area contributed by atoms with Crippen LogP contribution in [0.2, 0.25) is 0 Å². The SMILES string of the molecule is C[C@@]1(C(=O)N2CC(S(C)(=O)=O)C2)CC=CCC1. The molecule has 4 nitrogen and oxygen atoms in total. The maximum Gasteiger partial charge on any atom is 0.228 e. The maximum absolute atomic E-state index is 12.3. The third-order valence-electron chi connectivity index (χ3n) is 3.85. The van der Waals surface area contributed by atoms with E-state index < -0.39 is 9.84 Å². The summed E-state index contributed by atoms with van der Waals surface area (Å²) in [5.74, 6) is 0.113. The lowest BCUT2D eigenvalue weighted by Gasteiger charge is -2.43. The van der Waals surface area contributed by atoms with Crippen molar-refractivity contribution in [2.24, 2.45) is 5.41 Å². The van der Waals surface area contributed by atoms with Crippen LogP contribution in [-0.2, 0) is 14.6 Å². The number of hydrogen-bond acceptors (Lipinski definition) is 3. The van der Waals surface area contributed by atoms with Crippen molar-refractivity contribution in [3.05, 3.63) is 12.2 Å². The second-order valence-corrected chi connectivity index (χ2v) is 7.76. The number of likely N-dealkylation sites (tertiary alicyclic amines) is 1. The third-order valence-corrected chi connectivity index (χ3v) is 5.36. The highest BCUT2D eigenvalue weighted by Crippen LogP contribution is 2.35. The third kappa shape index (κ3) is 2.39. The summed E-state index contributed by atoms with van der Waals surface area (Å²) >= 11 is 0. The van der Waals surface area contributed by atoms with E-state index in [4.69, 9.17) is 0 Å². The van der Waals surface area contributed by atoms with Gasteiger partial charge in [0.2, 0.25) is 5.91 Å². The van der Waals surface area contributed by atoms with Crippen molar-refractivity contribution in [3.63, 3.8) is 0 Å². The van der Waals surface area contributed by atoms with Crippen LogP contribution in [-0.4, -0.2) is 43.8 Å². The van der Waals surface area contributed by atoms with Crippen LogP contribution in [0.5, 0.6) is 0 Å². The second-order valence-electron chi connectivity index (χ2n) is 5.44. The average molecular weight is 257 g/mol. The molecule has 1 fully saturated rings. The normalized spacial score (nSPS) is 30.1. The minimum absolute atomic E-state index is 0.113. The van der Waals surface area contributed by atoms with Crippen LogP contribution >= 0.6 is 0 Å². The molecule has 0 bridgehead atoms. The quantitative estimate of drug-likeness (QED) is 0.693. The monoisotopic (exact) mass is 257 g/mol. The summed E-state index contributed by atoms with van der Waals surface area (Å²) in [5, 5.41) is -0.353. The number of amides is 1. The van der Waals surface area contributed by atoms with Crippen LogP contribution in [0.3, 0.4) is 0 Å². The first-order valence-corrected chi connectivity index (χ1v) is 7.92. The van der Waals surface area contributed by atoms with Crippen molar-refractivity contribution in [1.82, 2.24) is 4.90 Å². The van der Waals surface area contributed by atoms with Gasteiger partial charge in [-0.25, -0.2) is 8.42 Å². The Morgan fingerprint density at radius 1 is 1.35 bits per heavy atom. The summed E-state index contributed by atoms with van der Waals surface area (Å²) in [6, 6.07) is 0. The van der Waals surface area contributed by atoms with Crippen molar-refractivity contribution in [1.29, 1.82) is 0 Å². The van der Waals surface area contributed by atoms with E-state index in [1.54, 1.807) is 4.90 Å². The fourth-order valence-corrected chi connectivity index (χ4v) is 3.32. The highest BCUT2D eigenvalue weighted by molar-refractivity contribution is 7.91. The van der Waals surface area contributed by atoms with Crippen molar-refractivity contribution in [2.45, 2.75) is 31.4 Å². The standard InChI is InChI=1S/C12H19NO3S/c1-12(6-4-3-5-7-12)11(14)13-8-10(9-13)17(2,15)16/h3-4,10H,5-9H2,1-2H3/t12-/m1/s1. The Morgan fingerprint density at radius 2 is 2.00 bits per heavy atom. The van der Waals surface area contributed by atoms with Crippen LogP contribution in [0, 0.1) is 5.41 Å². The molecular formula is C12H19NO3S. The van der Waals surface area contributed by atoms with Gasteiger partial charge in [-0.15, -0.1) is 0 Å². The van der Waals surface area contributed by atoms with Crippen LogP contribution in [0.25, 0.3) is 0 Å². The van der Waals surface area contributed by atoms with Crippen LogP contribution in [0.4, 0.5) is 0 Å². The Bertz CT molecular complexity index is 448. The lowest BCUT2D eigenvalue weighted by atomic mass is 9.77. The van der Waals surface area contributed by atoms with Gasteiger partial charge in [0.1, 0.15) is 0 Å². The number of rotatable bonds is 2. The highest BCUT2D eigenvalue weighted by atomic mass is 32.2. The molecule has 0 saturated carbocycles. The molecule has 0 unspecified atom stereocenters. The van der Waals surface area contributed by atoms with Crippen molar-refractivity contribution < 1.29 is 13.2 Å².